The molecule has 0 radical (unpaired) electrons. The SMILES string of the molecule is CCCCN(C)C(=O)CCNC(=O)c1cc(OC)c(OC)c(OC)c1. The predicted octanol–water partition coefficient (Wildman–Crippen LogP) is 2.09. The highest BCUT2D eigenvalue weighted by molar-refractivity contribution is 5.95. The van der Waals surface area contributed by atoms with E-state index in [1.54, 1.807) is 24.1 Å². The zero-order chi connectivity index (χ0) is 18.8. The van der Waals surface area contributed by atoms with Crippen molar-refractivity contribution in [3.63, 3.8) is 0 Å². The first-order chi connectivity index (χ1) is 12.0. The Labute approximate surface area is 149 Å². The summed E-state index contributed by atoms with van der Waals surface area (Å²) in [6, 6.07) is 3.15. The Morgan fingerprint density at radius 3 is 2.16 bits per heavy atom. The third-order valence-electron chi connectivity index (χ3n) is 3.82. The van der Waals surface area contributed by atoms with Gasteiger partial charge in [0.1, 0.15) is 0 Å². The Bertz CT molecular complexity index is 564. The molecule has 1 rings (SSSR count). The molecule has 140 valence electrons. The van der Waals surface area contributed by atoms with Crippen LogP contribution in [0.5, 0.6) is 17.2 Å². The van der Waals surface area contributed by atoms with Crippen molar-refractivity contribution in [2.45, 2.75) is 26.2 Å². The summed E-state index contributed by atoms with van der Waals surface area (Å²) in [4.78, 5) is 26.0. The maximum absolute atomic E-state index is 12.3. The summed E-state index contributed by atoms with van der Waals surface area (Å²) in [5.74, 6) is 0.945. The largest absolute Gasteiger partial charge is 0.493 e. The lowest BCUT2D eigenvalue weighted by Gasteiger charge is -2.17. The first-order valence-electron chi connectivity index (χ1n) is 8.30. The number of methoxy groups -OCH3 is 3. The summed E-state index contributed by atoms with van der Waals surface area (Å²) in [6.07, 6.45) is 2.27. The van der Waals surface area contributed by atoms with Gasteiger partial charge in [-0.1, -0.05) is 13.3 Å². The summed E-state index contributed by atoms with van der Waals surface area (Å²) in [5, 5.41) is 2.74. The molecule has 0 bridgehead atoms. The Balaban J connectivity index is 2.67. The van der Waals surface area contributed by atoms with E-state index >= 15 is 0 Å². The van der Waals surface area contributed by atoms with Crippen molar-refractivity contribution >= 4 is 11.8 Å². The van der Waals surface area contributed by atoms with Crippen LogP contribution in [0.3, 0.4) is 0 Å². The van der Waals surface area contributed by atoms with Gasteiger partial charge in [0.25, 0.3) is 5.91 Å². The van der Waals surface area contributed by atoms with Crippen LogP contribution in [0, 0.1) is 0 Å². The molecule has 0 unspecified atom stereocenters. The molecule has 25 heavy (non-hydrogen) atoms. The fourth-order valence-corrected chi connectivity index (χ4v) is 2.31. The highest BCUT2D eigenvalue weighted by atomic mass is 16.5. The van der Waals surface area contributed by atoms with E-state index in [9.17, 15) is 9.59 Å². The molecule has 2 amide bonds. The van der Waals surface area contributed by atoms with Crippen molar-refractivity contribution < 1.29 is 23.8 Å². The minimum Gasteiger partial charge on any atom is -0.493 e. The number of benzene rings is 1. The molecule has 7 nitrogen and oxygen atoms in total. The third-order valence-corrected chi connectivity index (χ3v) is 3.82. The van der Waals surface area contributed by atoms with Gasteiger partial charge in [0, 0.05) is 32.1 Å². The van der Waals surface area contributed by atoms with Gasteiger partial charge >= 0.3 is 0 Å². The Morgan fingerprint density at radius 1 is 1.08 bits per heavy atom. The second kappa shape index (κ2) is 10.4. The summed E-state index contributed by atoms with van der Waals surface area (Å²) in [6.45, 7) is 3.08. The van der Waals surface area contributed by atoms with E-state index in [2.05, 4.69) is 12.2 Å². The molecule has 0 fully saturated rings. The zero-order valence-electron chi connectivity index (χ0n) is 15.7. The van der Waals surface area contributed by atoms with E-state index in [1.807, 2.05) is 0 Å². The fraction of sp³-hybridized carbons (Fsp3) is 0.556. The van der Waals surface area contributed by atoms with Crippen LogP contribution in [0.1, 0.15) is 36.5 Å². The maximum atomic E-state index is 12.3. The Kier molecular flexibility index (Phi) is 8.60. The van der Waals surface area contributed by atoms with E-state index in [-0.39, 0.29) is 24.8 Å². The minimum absolute atomic E-state index is 0.0126. The summed E-state index contributed by atoms with van der Waals surface area (Å²) >= 11 is 0. The molecule has 0 spiro atoms. The molecule has 7 heteroatoms. The van der Waals surface area contributed by atoms with Gasteiger partial charge in [-0.25, -0.2) is 0 Å². The minimum atomic E-state index is -0.303. The van der Waals surface area contributed by atoms with Crippen LogP contribution in [-0.4, -0.2) is 58.2 Å². The third kappa shape index (κ3) is 5.85. The number of hydrogen-bond acceptors (Lipinski definition) is 5. The van der Waals surface area contributed by atoms with E-state index < -0.39 is 0 Å². The van der Waals surface area contributed by atoms with Crippen LogP contribution < -0.4 is 19.5 Å². The highest BCUT2D eigenvalue weighted by Gasteiger charge is 2.17. The smallest absolute Gasteiger partial charge is 0.251 e. The van der Waals surface area contributed by atoms with Crippen molar-refractivity contribution in [2.24, 2.45) is 0 Å². The van der Waals surface area contributed by atoms with Crippen molar-refractivity contribution in [2.75, 3.05) is 41.5 Å². The molecule has 1 aromatic carbocycles. The van der Waals surface area contributed by atoms with Crippen LogP contribution in [0.2, 0.25) is 0 Å². The van der Waals surface area contributed by atoms with Crippen LogP contribution in [0.25, 0.3) is 0 Å². The normalized spacial score (nSPS) is 10.1. The summed E-state index contributed by atoms with van der Waals surface area (Å²) < 4.78 is 15.7. The highest BCUT2D eigenvalue weighted by Crippen LogP contribution is 2.38. The Morgan fingerprint density at radius 2 is 1.68 bits per heavy atom. The van der Waals surface area contributed by atoms with Crippen molar-refractivity contribution in [1.82, 2.24) is 10.2 Å². The van der Waals surface area contributed by atoms with Crippen LogP contribution in [0.4, 0.5) is 0 Å². The number of rotatable bonds is 10. The van der Waals surface area contributed by atoms with Crippen LogP contribution >= 0.6 is 0 Å². The van der Waals surface area contributed by atoms with Crippen LogP contribution in [-0.2, 0) is 4.79 Å². The number of hydrogen-bond donors (Lipinski definition) is 1. The van der Waals surface area contributed by atoms with Crippen molar-refractivity contribution in [3.8, 4) is 17.2 Å². The number of nitrogens with one attached hydrogen (secondary N) is 1. The van der Waals surface area contributed by atoms with Gasteiger partial charge in [0.05, 0.1) is 21.3 Å². The number of carbonyl (C=O) groups excluding carboxylic acids is 2. The predicted molar refractivity (Wildman–Crippen MR) is 95.6 cm³/mol. The lowest BCUT2D eigenvalue weighted by molar-refractivity contribution is -0.129. The number of carbonyl (C=O) groups is 2. The molecule has 1 aromatic rings. The molecule has 0 heterocycles. The molecule has 0 atom stereocenters. The molecule has 0 aliphatic carbocycles. The standard InChI is InChI=1S/C18H28N2O5/c1-6-7-10-20(2)16(21)8-9-19-18(22)13-11-14(23-3)17(25-5)15(12-13)24-4/h11-12H,6-10H2,1-5H3,(H,19,22). The Hall–Kier alpha value is -2.44. The molecule has 0 saturated heterocycles. The molecule has 0 aliphatic rings. The summed E-state index contributed by atoms with van der Waals surface area (Å²) in [7, 11) is 6.26. The number of amides is 2. The van der Waals surface area contributed by atoms with Gasteiger partial charge < -0.3 is 24.4 Å². The van der Waals surface area contributed by atoms with Gasteiger partial charge in [-0.15, -0.1) is 0 Å². The van der Waals surface area contributed by atoms with Gasteiger partial charge in [0.15, 0.2) is 11.5 Å². The van der Waals surface area contributed by atoms with E-state index in [0.717, 1.165) is 19.4 Å². The second-order valence-electron chi connectivity index (χ2n) is 5.59. The fourth-order valence-electron chi connectivity index (χ4n) is 2.31. The first-order valence-corrected chi connectivity index (χ1v) is 8.30. The zero-order valence-corrected chi connectivity index (χ0v) is 15.7. The lowest BCUT2D eigenvalue weighted by atomic mass is 10.1. The average molecular weight is 352 g/mol. The lowest BCUT2D eigenvalue weighted by Crippen LogP contribution is -2.32. The van der Waals surface area contributed by atoms with Gasteiger partial charge in [0.2, 0.25) is 11.7 Å². The topological polar surface area (TPSA) is 77.1 Å². The molecular weight excluding hydrogens is 324 g/mol. The average Bonchev–Trinajstić information content (AvgIpc) is 2.64. The summed E-state index contributed by atoms with van der Waals surface area (Å²) in [5.41, 5.74) is 0.376. The van der Waals surface area contributed by atoms with Crippen molar-refractivity contribution in [3.05, 3.63) is 17.7 Å². The first kappa shape index (κ1) is 20.6. The van der Waals surface area contributed by atoms with Crippen LogP contribution in [0.15, 0.2) is 12.1 Å². The van der Waals surface area contributed by atoms with E-state index in [0.29, 0.717) is 22.8 Å². The maximum Gasteiger partial charge on any atom is 0.251 e. The van der Waals surface area contributed by atoms with Gasteiger partial charge in [-0.2, -0.15) is 0 Å². The van der Waals surface area contributed by atoms with Gasteiger partial charge in [-0.05, 0) is 18.6 Å². The van der Waals surface area contributed by atoms with E-state index in [1.165, 1.54) is 21.3 Å². The van der Waals surface area contributed by atoms with Crippen molar-refractivity contribution in [1.29, 1.82) is 0 Å². The molecule has 0 aliphatic heterocycles. The van der Waals surface area contributed by atoms with E-state index in [4.69, 9.17) is 14.2 Å². The molecule has 0 aromatic heterocycles. The molecule has 1 N–H and O–H groups in total. The second-order valence-corrected chi connectivity index (χ2v) is 5.59. The van der Waals surface area contributed by atoms with Gasteiger partial charge in [-0.3, -0.25) is 9.59 Å². The number of nitrogens with zero attached hydrogens (tertiary/aromatic N) is 1. The monoisotopic (exact) mass is 352 g/mol. The number of ether oxygens (including phenoxy) is 3. The quantitative estimate of drug-likeness (QED) is 0.698. The number of unbranched alkanes of at least 4 members (excludes halogenated alkanes) is 1. The molecular formula is C18H28N2O5. The molecule has 0 saturated carbocycles.